The number of fused-ring (bicyclic) bond motifs is 6. The number of nitrogens with zero attached hydrogens (tertiary/aromatic N) is 4. The Bertz CT molecular complexity index is 2860. The third kappa shape index (κ3) is 5.13. The third-order valence-electron chi connectivity index (χ3n) is 9.17. The van der Waals surface area contributed by atoms with Crippen LogP contribution in [0.2, 0.25) is 0 Å². The number of thiophene rings is 1. The first-order chi connectivity index (χ1) is 24.7. The summed E-state index contributed by atoms with van der Waals surface area (Å²) in [6, 6.07) is 55.5. The number of benzene rings is 7. The second kappa shape index (κ2) is 12.0. The summed E-state index contributed by atoms with van der Waals surface area (Å²) in [6.07, 6.45) is 0. The number of aromatic nitrogens is 4. The molecule has 0 spiro atoms. The van der Waals surface area contributed by atoms with Crippen LogP contribution < -0.4 is 0 Å². The molecule has 0 N–H and O–H groups in total. The van der Waals surface area contributed by atoms with E-state index in [0.29, 0.717) is 17.5 Å². The molecule has 50 heavy (non-hydrogen) atoms. The molecule has 0 aliphatic heterocycles. The zero-order valence-electron chi connectivity index (χ0n) is 26.6. The van der Waals surface area contributed by atoms with E-state index in [0.717, 1.165) is 27.8 Å². The van der Waals surface area contributed by atoms with E-state index in [1.165, 1.54) is 50.9 Å². The van der Waals surface area contributed by atoms with Crippen LogP contribution in [0.4, 0.5) is 0 Å². The first-order valence-corrected chi connectivity index (χ1v) is 19.0. The van der Waals surface area contributed by atoms with E-state index in [1.807, 2.05) is 30.3 Å². The SMILES string of the molecule is c1ccc(-c2nc(-c3ccc(-c4ccc5c(ccc6nc(-c7ccccc7)[se]c65)c4)cc3)nc(-c3ccc4c(c3)sc3ccccc34)n2)cc1. The molecule has 10 aromatic rings. The third-order valence-corrected chi connectivity index (χ3v) is 12.7. The molecule has 0 aliphatic rings. The molecule has 0 atom stereocenters. The monoisotopic (exact) mass is 722 g/mol. The summed E-state index contributed by atoms with van der Waals surface area (Å²) >= 11 is 1.97. The van der Waals surface area contributed by atoms with Gasteiger partial charge in [0.05, 0.1) is 0 Å². The predicted molar refractivity (Wildman–Crippen MR) is 210 cm³/mol. The van der Waals surface area contributed by atoms with Gasteiger partial charge in [-0.25, -0.2) is 4.98 Å². The molecule has 10 rings (SSSR count). The van der Waals surface area contributed by atoms with E-state index in [1.54, 1.807) is 11.3 Å². The van der Waals surface area contributed by atoms with Crippen molar-refractivity contribution in [3.63, 3.8) is 0 Å². The van der Waals surface area contributed by atoms with Gasteiger partial charge in [-0.1, -0.05) is 60.7 Å². The van der Waals surface area contributed by atoms with Gasteiger partial charge in [0.25, 0.3) is 0 Å². The normalized spacial score (nSPS) is 11.6. The molecule has 0 bridgehead atoms. The molecule has 0 radical (unpaired) electrons. The Labute approximate surface area is 298 Å². The molecule has 0 aliphatic carbocycles. The molecular formula is C44H26N4SSe. The summed E-state index contributed by atoms with van der Waals surface area (Å²) < 4.78 is 5.06. The van der Waals surface area contributed by atoms with Gasteiger partial charge in [0.15, 0.2) is 0 Å². The summed E-state index contributed by atoms with van der Waals surface area (Å²) in [5, 5.41) is 5.06. The molecule has 0 fully saturated rings. The first-order valence-electron chi connectivity index (χ1n) is 16.5. The van der Waals surface area contributed by atoms with E-state index in [2.05, 4.69) is 127 Å². The molecule has 0 unspecified atom stereocenters. The van der Waals surface area contributed by atoms with Crippen LogP contribution in [0, 0.1) is 0 Å². The molecule has 0 saturated carbocycles. The Morgan fingerprint density at radius 3 is 1.74 bits per heavy atom. The maximum absolute atomic E-state index is 5.04. The summed E-state index contributed by atoms with van der Waals surface area (Å²) in [5.74, 6) is 1.98. The summed E-state index contributed by atoms with van der Waals surface area (Å²) in [7, 11) is 0. The van der Waals surface area contributed by atoms with Crippen LogP contribution in [0.5, 0.6) is 0 Å². The van der Waals surface area contributed by atoms with Gasteiger partial charge in [-0.3, -0.25) is 0 Å². The average molecular weight is 722 g/mol. The van der Waals surface area contributed by atoms with Crippen LogP contribution >= 0.6 is 11.3 Å². The molecule has 3 heterocycles. The minimum absolute atomic E-state index is 0.172. The van der Waals surface area contributed by atoms with Gasteiger partial charge >= 0.3 is 179 Å². The standard InChI is InChI=1S/C44H26N4SSe/c1-3-9-28(10-4-1)41-46-42(48-43(47-41)33-20-23-36-35-13-7-8-14-38(35)49-39(36)26-33)29-17-15-27(16-18-29)31-19-22-34-32(25-31)21-24-37-40(34)50-44(45-37)30-11-5-2-6-12-30/h1-26H. The molecule has 3 aromatic heterocycles. The van der Waals surface area contributed by atoms with E-state index in [9.17, 15) is 0 Å². The van der Waals surface area contributed by atoms with Crippen molar-refractivity contribution in [1.29, 1.82) is 0 Å². The topological polar surface area (TPSA) is 51.6 Å². The van der Waals surface area contributed by atoms with Crippen LogP contribution in [0.1, 0.15) is 0 Å². The van der Waals surface area contributed by atoms with E-state index in [4.69, 9.17) is 19.9 Å². The van der Waals surface area contributed by atoms with Crippen molar-refractivity contribution in [2.45, 2.75) is 0 Å². The fourth-order valence-corrected chi connectivity index (χ4v) is 10.1. The molecule has 6 heteroatoms. The molecule has 234 valence electrons. The minimum Gasteiger partial charge on any atom is -0.208 e. The van der Waals surface area contributed by atoms with Gasteiger partial charge in [0.2, 0.25) is 0 Å². The van der Waals surface area contributed by atoms with Crippen LogP contribution in [0.15, 0.2) is 158 Å². The van der Waals surface area contributed by atoms with Crippen molar-refractivity contribution in [1.82, 2.24) is 19.9 Å². The Hall–Kier alpha value is -5.78. The second-order valence-corrected chi connectivity index (χ2v) is 15.5. The maximum atomic E-state index is 5.04. The van der Waals surface area contributed by atoms with Crippen molar-refractivity contribution < 1.29 is 0 Å². The van der Waals surface area contributed by atoms with Crippen molar-refractivity contribution in [2.75, 3.05) is 0 Å². The predicted octanol–water partition coefficient (Wildman–Crippen LogP) is 11.3. The van der Waals surface area contributed by atoms with Crippen LogP contribution in [0.25, 0.3) is 96.1 Å². The van der Waals surface area contributed by atoms with Crippen LogP contribution in [-0.2, 0) is 0 Å². The Morgan fingerprint density at radius 2 is 0.960 bits per heavy atom. The van der Waals surface area contributed by atoms with Gasteiger partial charge < -0.3 is 0 Å². The number of rotatable bonds is 5. The van der Waals surface area contributed by atoms with E-state index < -0.39 is 0 Å². The fourth-order valence-electron chi connectivity index (χ4n) is 6.62. The van der Waals surface area contributed by atoms with E-state index in [-0.39, 0.29) is 14.5 Å². The quantitative estimate of drug-likeness (QED) is 0.166. The van der Waals surface area contributed by atoms with Crippen molar-refractivity contribution in [3.05, 3.63) is 158 Å². The van der Waals surface area contributed by atoms with Gasteiger partial charge in [0.1, 0.15) is 0 Å². The Morgan fingerprint density at radius 1 is 0.380 bits per heavy atom. The molecule has 0 amide bonds. The summed E-state index contributed by atoms with van der Waals surface area (Å²) in [6.45, 7) is 0. The molecule has 0 saturated heterocycles. The van der Waals surface area contributed by atoms with Crippen LogP contribution in [0.3, 0.4) is 0 Å². The Kier molecular flexibility index (Phi) is 6.98. The Balaban J connectivity index is 1.02. The van der Waals surface area contributed by atoms with Crippen LogP contribution in [-0.4, -0.2) is 34.4 Å². The fraction of sp³-hybridized carbons (Fsp3) is 0. The zero-order valence-corrected chi connectivity index (χ0v) is 29.1. The molecule has 7 aromatic carbocycles. The smallest absolute Gasteiger partial charge is 0.208 e. The number of hydrogen-bond donors (Lipinski definition) is 0. The average Bonchev–Trinajstić information content (AvgIpc) is 3.80. The molecule has 4 nitrogen and oxygen atoms in total. The van der Waals surface area contributed by atoms with Gasteiger partial charge in [-0.15, -0.1) is 11.3 Å². The van der Waals surface area contributed by atoms with Crippen molar-refractivity contribution >= 4 is 66.6 Å². The van der Waals surface area contributed by atoms with Gasteiger partial charge in [-0.05, 0) is 12.1 Å². The molecular weight excluding hydrogens is 696 g/mol. The second-order valence-electron chi connectivity index (χ2n) is 12.3. The first kappa shape index (κ1) is 29.2. The summed E-state index contributed by atoms with van der Waals surface area (Å²) in [5.41, 5.74) is 7.53. The summed E-state index contributed by atoms with van der Waals surface area (Å²) in [4.78, 5) is 20.0. The van der Waals surface area contributed by atoms with Gasteiger partial charge in [0, 0.05) is 31.3 Å². The minimum atomic E-state index is 0.172. The van der Waals surface area contributed by atoms with E-state index >= 15 is 0 Å². The van der Waals surface area contributed by atoms with Gasteiger partial charge in [-0.2, -0.15) is 0 Å². The van der Waals surface area contributed by atoms with Crippen molar-refractivity contribution in [3.8, 4) is 55.4 Å². The zero-order chi connectivity index (χ0) is 33.0. The van der Waals surface area contributed by atoms with Crippen molar-refractivity contribution in [2.24, 2.45) is 0 Å². The number of hydrogen-bond acceptors (Lipinski definition) is 5.